The largest absolute Gasteiger partial charge is 0.445 e. The molecule has 158 valence electrons. The summed E-state index contributed by atoms with van der Waals surface area (Å²) in [4.78, 5) is 38.6. The fourth-order valence-corrected chi connectivity index (χ4v) is 3.65. The average Bonchev–Trinajstić information content (AvgIpc) is 3.24. The molecule has 3 N–H and O–H groups in total. The highest BCUT2D eigenvalue weighted by atomic mass is 35.5. The predicted octanol–water partition coefficient (Wildman–Crippen LogP) is 2.65. The lowest BCUT2D eigenvalue weighted by Crippen LogP contribution is -2.53. The molecule has 0 spiro atoms. The van der Waals surface area contributed by atoms with Crippen molar-refractivity contribution >= 4 is 29.5 Å². The monoisotopic (exact) mass is 429 g/mol. The molecular weight excluding hydrogens is 406 g/mol. The van der Waals surface area contributed by atoms with Crippen LogP contribution in [0.15, 0.2) is 54.6 Å². The van der Waals surface area contributed by atoms with Crippen LogP contribution in [-0.4, -0.2) is 41.4 Å². The number of halogens is 1. The molecule has 7 nitrogen and oxygen atoms in total. The smallest absolute Gasteiger partial charge is 0.410 e. The number of benzene rings is 2. The first-order valence-electron chi connectivity index (χ1n) is 9.76. The zero-order valence-corrected chi connectivity index (χ0v) is 17.2. The Labute approximate surface area is 180 Å². The Morgan fingerprint density at radius 1 is 1.13 bits per heavy atom. The summed E-state index contributed by atoms with van der Waals surface area (Å²) in [5.41, 5.74) is 7.05. The van der Waals surface area contributed by atoms with E-state index in [1.807, 2.05) is 30.3 Å². The number of likely N-dealkylation sites (tertiary alicyclic amines) is 1. The molecule has 1 aliphatic heterocycles. The van der Waals surface area contributed by atoms with Gasteiger partial charge in [0.2, 0.25) is 11.8 Å². The van der Waals surface area contributed by atoms with Gasteiger partial charge >= 0.3 is 6.09 Å². The number of carbonyl (C=O) groups is 3. The summed E-state index contributed by atoms with van der Waals surface area (Å²) in [6.07, 6.45) is 0.776. The zero-order valence-electron chi connectivity index (χ0n) is 16.4. The van der Waals surface area contributed by atoms with Gasteiger partial charge in [-0.1, -0.05) is 60.1 Å². The topological polar surface area (TPSA) is 102 Å². The lowest BCUT2D eigenvalue weighted by Gasteiger charge is -2.25. The van der Waals surface area contributed by atoms with Gasteiger partial charge in [-0.3, -0.25) is 14.5 Å². The average molecular weight is 430 g/mol. The lowest BCUT2D eigenvalue weighted by atomic mass is 10.0. The molecule has 0 bridgehead atoms. The van der Waals surface area contributed by atoms with Crippen molar-refractivity contribution in [2.24, 2.45) is 5.73 Å². The third kappa shape index (κ3) is 5.51. The summed E-state index contributed by atoms with van der Waals surface area (Å²) in [5.74, 6) is -1.10. The van der Waals surface area contributed by atoms with E-state index in [1.54, 1.807) is 24.3 Å². The number of carbonyl (C=O) groups excluding carboxylic acids is 3. The van der Waals surface area contributed by atoms with Crippen LogP contribution in [0.2, 0.25) is 5.02 Å². The number of hydrogen-bond acceptors (Lipinski definition) is 4. The molecule has 3 rings (SSSR count). The summed E-state index contributed by atoms with van der Waals surface area (Å²) < 4.78 is 5.35. The van der Waals surface area contributed by atoms with Crippen LogP contribution < -0.4 is 11.1 Å². The van der Waals surface area contributed by atoms with Crippen LogP contribution in [0.1, 0.15) is 24.0 Å². The van der Waals surface area contributed by atoms with Crippen LogP contribution in [0.25, 0.3) is 0 Å². The minimum atomic E-state index is -0.930. The molecule has 2 aromatic rings. The molecule has 0 unspecified atom stereocenters. The third-order valence-corrected chi connectivity index (χ3v) is 5.41. The summed E-state index contributed by atoms with van der Waals surface area (Å²) in [5, 5.41) is 3.16. The summed E-state index contributed by atoms with van der Waals surface area (Å²) in [7, 11) is 0. The van der Waals surface area contributed by atoms with Gasteiger partial charge in [0.05, 0.1) is 0 Å². The molecule has 8 heteroatoms. The van der Waals surface area contributed by atoms with Gasteiger partial charge in [-0.15, -0.1) is 0 Å². The lowest BCUT2D eigenvalue weighted by molar-refractivity contribution is -0.130. The van der Waals surface area contributed by atoms with E-state index in [2.05, 4.69) is 5.32 Å². The summed E-state index contributed by atoms with van der Waals surface area (Å²) >= 11 is 6.15. The van der Waals surface area contributed by atoms with Gasteiger partial charge in [-0.25, -0.2) is 4.79 Å². The molecule has 1 fully saturated rings. The zero-order chi connectivity index (χ0) is 21.5. The Morgan fingerprint density at radius 3 is 2.53 bits per heavy atom. The number of ether oxygens (including phenoxy) is 1. The molecule has 0 radical (unpaired) electrons. The molecule has 0 saturated carbocycles. The molecular formula is C22H24ClN3O4. The van der Waals surface area contributed by atoms with Crippen LogP contribution in [0, 0.1) is 0 Å². The number of nitrogens with two attached hydrogens (primary N) is 1. The van der Waals surface area contributed by atoms with Crippen LogP contribution in [0.3, 0.4) is 0 Å². The van der Waals surface area contributed by atoms with Crippen LogP contribution in [0.4, 0.5) is 4.79 Å². The predicted molar refractivity (Wildman–Crippen MR) is 113 cm³/mol. The van der Waals surface area contributed by atoms with Crippen molar-refractivity contribution in [3.63, 3.8) is 0 Å². The Balaban J connectivity index is 1.61. The Hall–Kier alpha value is -3.06. The fourth-order valence-electron chi connectivity index (χ4n) is 3.43. The van der Waals surface area contributed by atoms with Gasteiger partial charge < -0.3 is 15.8 Å². The van der Waals surface area contributed by atoms with Gasteiger partial charge in [0.1, 0.15) is 18.7 Å². The normalized spacial score (nSPS) is 16.7. The third-order valence-electron chi connectivity index (χ3n) is 5.04. The second-order valence-corrected chi connectivity index (χ2v) is 7.56. The van der Waals surface area contributed by atoms with Crippen molar-refractivity contribution in [1.82, 2.24) is 10.2 Å². The van der Waals surface area contributed by atoms with Crippen molar-refractivity contribution in [3.05, 3.63) is 70.7 Å². The van der Waals surface area contributed by atoms with Crippen LogP contribution in [0.5, 0.6) is 0 Å². The molecule has 1 aliphatic rings. The second-order valence-electron chi connectivity index (χ2n) is 7.15. The number of primary amides is 1. The minimum Gasteiger partial charge on any atom is -0.445 e. The Bertz CT molecular complexity index is 906. The van der Waals surface area contributed by atoms with Gasteiger partial charge in [0.15, 0.2) is 0 Å². The van der Waals surface area contributed by atoms with Crippen molar-refractivity contribution < 1.29 is 19.1 Å². The first kappa shape index (κ1) is 21.6. The highest BCUT2D eigenvalue weighted by Gasteiger charge is 2.36. The standard InChI is InChI=1S/C22H24ClN3O4/c23-17-10-5-4-9-16(17)13-18(20(24)27)25-21(28)19-11-6-12-26(19)22(29)30-14-15-7-2-1-3-8-15/h1-5,7-10,18-19H,6,11-14H2,(H2,24,27)(H,25,28)/t18-,19-/m1/s1. The molecule has 2 aromatic carbocycles. The van der Waals surface area contributed by atoms with Gasteiger partial charge in [-0.2, -0.15) is 0 Å². The molecule has 30 heavy (non-hydrogen) atoms. The summed E-state index contributed by atoms with van der Waals surface area (Å²) in [6, 6.07) is 14.7. The van der Waals surface area contributed by atoms with E-state index in [9.17, 15) is 14.4 Å². The van der Waals surface area contributed by atoms with Crippen molar-refractivity contribution in [3.8, 4) is 0 Å². The van der Waals surface area contributed by atoms with Gasteiger partial charge in [0.25, 0.3) is 0 Å². The molecule has 2 atom stereocenters. The minimum absolute atomic E-state index is 0.126. The number of hydrogen-bond donors (Lipinski definition) is 2. The molecule has 1 saturated heterocycles. The van der Waals surface area contributed by atoms with Crippen molar-refractivity contribution in [1.29, 1.82) is 0 Å². The van der Waals surface area contributed by atoms with E-state index < -0.39 is 30.0 Å². The number of nitrogens with zero attached hydrogens (tertiary/aromatic N) is 1. The highest BCUT2D eigenvalue weighted by molar-refractivity contribution is 6.31. The maximum atomic E-state index is 12.8. The van der Waals surface area contributed by atoms with Gasteiger partial charge in [-0.05, 0) is 30.0 Å². The van der Waals surface area contributed by atoms with E-state index in [1.165, 1.54) is 4.90 Å². The second kappa shape index (κ2) is 10.1. The van der Waals surface area contributed by atoms with E-state index >= 15 is 0 Å². The SMILES string of the molecule is NC(=O)[C@@H](Cc1ccccc1Cl)NC(=O)[C@H]1CCCN1C(=O)OCc1ccccc1. The van der Waals surface area contributed by atoms with E-state index in [0.717, 1.165) is 5.56 Å². The Morgan fingerprint density at radius 2 is 1.83 bits per heavy atom. The molecule has 3 amide bonds. The van der Waals surface area contributed by atoms with Crippen LogP contribution in [-0.2, 0) is 27.4 Å². The molecule has 0 aliphatic carbocycles. The van der Waals surface area contributed by atoms with E-state index in [0.29, 0.717) is 30.0 Å². The molecule has 1 heterocycles. The highest BCUT2D eigenvalue weighted by Crippen LogP contribution is 2.20. The maximum absolute atomic E-state index is 12.8. The van der Waals surface area contributed by atoms with Crippen molar-refractivity contribution in [2.75, 3.05) is 6.54 Å². The number of amides is 3. The Kier molecular flexibility index (Phi) is 7.30. The first-order chi connectivity index (χ1) is 14.5. The quantitative estimate of drug-likeness (QED) is 0.706. The van der Waals surface area contributed by atoms with E-state index in [4.69, 9.17) is 22.1 Å². The van der Waals surface area contributed by atoms with Crippen LogP contribution >= 0.6 is 11.6 Å². The number of rotatable bonds is 7. The fraction of sp³-hybridized carbons (Fsp3) is 0.318. The van der Waals surface area contributed by atoms with Gasteiger partial charge in [0, 0.05) is 18.0 Å². The molecule has 0 aromatic heterocycles. The van der Waals surface area contributed by atoms with E-state index in [-0.39, 0.29) is 13.0 Å². The van der Waals surface area contributed by atoms with Crippen molar-refractivity contribution in [2.45, 2.75) is 38.0 Å². The summed E-state index contributed by atoms with van der Waals surface area (Å²) in [6.45, 7) is 0.540. The first-order valence-corrected chi connectivity index (χ1v) is 10.1. The maximum Gasteiger partial charge on any atom is 0.410 e. The number of nitrogens with one attached hydrogen (secondary N) is 1.